The van der Waals surface area contributed by atoms with E-state index in [-0.39, 0.29) is 24.3 Å². The molecule has 150 valence electrons. The van der Waals surface area contributed by atoms with E-state index in [1.807, 2.05) is 12.1 Å². The third-order valence-electron chi connectivity index (χ3n) is 4.79. The Balaban J connectivity index is 1.32. The lowest BCUT2D eigenvalue weighted by atomic mass is 10.2. The van der Waals surface area contributed by atoms with Crippen LogP contribution in [0.5, 0.6) is 11.5 Å². The average Bonchev–Trinajstić information content (AvgIpc) is 3.14. The number of hydrogen-bond donors (Lipinski definition) is 2. The van der Waals surface area contributed by atoms with Gasteiger partial charge in [0.25, 0.3) is 11.8 Å². The number of fused-ring (bicyclic) bond motifs is 1. The zero-order chi connectivity index (χ0) is 20.4. The number of nitrogens with zero attached hydrogens (tertiary/aromatic N) is 1. The molecule has 0 radical (unpaired) electrons. The summed E-state index contributed by atoms with van der Waals surface area (Å²) < 4.78 is 11.0. The van der Waals surface area contributed by atoms with E-state index in [4.69, 9.17) is 9.47 Å². The quantitative estimate of drug-likeness (QED) is 0.811. The number of benzene rings is 2. The molecule has 4 rings (SSSR count). The number of amides is 3. The minimum absolute atomic E-state index is 0.124. The van der Waals surface area contributed by atoms with E-state index in [2.05, 4.69) is 10.6 Å². The molecule has 29 heavy (non-hydrogen) atoms. The minimum atomic E-state index is -0.550. The predicted octanol–water partition coefficient (Wildman–Crippen LogP) is 2.55. The molecule has 2 heterocycles. The Morgan fingerprint density at radius 2 is 2.03 bits per heavy atom. The van der Waals surface area contributed by atoms with Crippen LogP contribution < -0.4 is 25.0 Å². The third-order valence-corrected chi connectivity index (χ3v) is 4.79. The molecule has 0 aliphatic carbocycles. The van der Waals surface area contributed by atoms with Crippen molar-refractivity contribution < 1.29 is 23.9 Å². The molecular formula is C21H21N3O5. The highest BCUT2D eigenvalue weighted by Crippen LogP contribution is 2.32. The van der Waals surface area contributed by atoms with Gasteiger partial charge >= 0.3 is 0 Å². The summed E-state index contributed by atoms with van der Waals surface area (Å²) in [5.74, 6) is 0.654. The summed E-state index contributed by atoms with van der Waals surface area (Å²) in [4.78, 5) is 37.4. The van der Waals surface area contributed by atoms with Crippen LogP contribution >= 0.6 is 0 Å². The van der Waals surface area contributed by atoms with Gasteiger partial charge in [0, 0.05) is 24.3 Å². The van der Waals surface area contributed by atoms with Crippen LogP contribution in [0.25, 0.3) is 0 Å². The van der Waals surface area contributed by atoms with Crippen molar-refractivity contribution in [2.75, 3.05) is 28.7 Å². The van der Waals surface area contributed by atoms with E-state index in [0.29, 0.717) is 29.3 Å². The highest BCUT2D eigenvalue weighted by atomic mass is 16.5. The fourth-order valence-electron chi connectivity index (χ4n) is 3.28. The van der Waals surface area contributed by atoms with E-state index in [0.717, 1.165) is 18.7 Å². The maximum absolute atomic E-state index is 12.2. The lowest BCUT2D eigenvalue weighted by molar-refractivity contribution is -0.122. The van der Waals surface area contributed by atoms with Gasteiger partial charge in [-0.1, -0.05) is 0 Å². The van der Waals surface area contributed by atoms with Gasteiger partial charge in [0.1, 0.15) is 11.5 Å². The van der Waals surface area contributed by atoms with Crippen molar-refractivity contribution in [1.82, 2.24) is 0 Å². The maximum Gasteiger partial charge on any atom is 0.265 e. The molecule has 0 bridgehead atoms. The number of carbonyl (C=O) groups is 3. The van der Waals surface area contributed by atoms with Crippen LogP contribution in [0.3, 0.4) is 0 Å². The van der Waals surface area contributed by atoms with Crippen LogP contribution in [0.15, 0.2) is 42.5 Å². The fourth-order valence-corrected chi connectivity index (χ4v) is 3.28. The molecule has 0 saturated carbocycles. The van der Waals surface area contributed by atoms with Crippen LogP contribution in [0.2, 0.25) is 0 Å². The summed E-state index contributed by atoms with van der Waals surface area (Å²) in [6, 6.07) is 12.1. The van der Waals surface area contributed by atoms with Crippen LogP contribution in [0.1, 0.15) is 19.8 Å². The first-order valence-electron chi connectivity index (χ1n) is 9.44. The number of rotatable bonds is 5. The molecule has 2 N–H and O–H groups in total. The van der Waals surface area contributed by atoms with Crippen molar-refractivity contribution in [2.45, 2.75) is 25.9 Å². The van der Waals surface area contributed by atoms with Gasteiger partial charge in [-0.15, -0.1) is 0 Å². The van der Waals surface area contributed by atoms with Crippen molar-refractivity contribution >= 4 is 34.8 Å². The summed E-state index contributed by atoms with van der Waals surface area (Å²) in [6.07, 6.45) is 0.899. The van der Waals surface area contributed by atoms with E-state index >= 15 is 0 Å². The highest BCUT2D eigenvalue weighted by molar-refractivity contribution is 5.99. The van der Waals surface area contributed by atoms with Gasteiger partial charge < -0.3 is 25.0 Å². The lowest BCUT2D eigenvalue weighted by Crippen LogP contribution is -2.34. The second-order valence-corrected chi connectivity index (χ2v) is 6.94. The van der Waals surface area contributed by atoms with Crippen molar-refractivity contribution in [1.29, 1.82) is 0 Å². The minimum Gasteiger partial charge on any atom is -0.484 e. The van der Waals surface area contributed by atoms with Gasteiger partial charge in [0.05, 0.1) is 5.69 Å². The van der Waals surface area contributed by atoms with Crippen molar-refractivity contribution in [3.63, 3.8) is 0 Å². The maximum atomic E-state index is 12.2. The third kappa shape index (κ3) is 4.16. The predicted molar refractivity (Wildman–Crippen MR) is 107 cm³/mol. The summed E-state index contributed by atoms with van der Waals surface area (Å²) in [5.41, 5.74) is 1.87. The monoisotopic (exact) mass is 395 g/mol. The van der Waals surface area contributed by atoms with E-state index in [1.165, 1.54) is 0 Å². The molecule has 8 nitrogen and oxygen atoms in total. The molecule has 8 heteroatoms. The Hall–Kier alpha value is -3.55. The molecular weight excluding hydrogens is 374 g/mol. The molecule has 2 aromatic carbocycles. The standard InChI is InChI=1S/C21H21N3O5/c1-13-21(27)23-17-11-14(4-9-18(17)29-13)22-19(25)12-28-16-7-5-15(6-8-16)24-10-2-3-20(24)26/h4-9,11,13H,2-3,10,12H2,1H3,(H,22,25)(H,23,27). The largest absolute Gasteiger partial charge is 0.484 e. The Morgan fingerprint density at radius 3 is 2.76 bits per heavy atom. The molecule has 1 atom stereocenters. The molecule has 1 fully saturated rings. The normalized spacial score (nSPS) is 18.0. The summed E-state index contributed by atoms with van der Waals surface area (Å²) in [7, 11) is 0. The topological polar surface area (TPSA) is 97.0 Å². The molecule has 0 aromatic heterocycles. The highest BCUT2D eigenvalue weighted by Gasteiger charge is 2.24. The summed E-state index contributed by atoms with van der Waals surface area (Å²) in [5, 5.41) is 5.46. The summed E-state index contributed by atoms with van der Waals surface area (Å²) in [6.45, 7) is 2.23. The average molecular weight is 395 g/mol. The lowest BCUT2D eigenvalue weighted by Gasteiger charge is -2.23. The van der Waals surface area contributed by atoms with Gasteiger partial charge in [0.15, 0.2) is 12.7 Å². The second kappa shape index (κ2) is 7.83. The first-order valence-corrected chi connectivity index (χ1v) is 9.44. The Labute approximate surface area is 167 Å². The van der Waals surface area contributed by atoms with Gasteiger partial charge in [0.2, 0.25) is 5.91 Å². The van der Waals surface area contributed by atoms with E-state index < -0.39 is 6.10 Å². The molecule has 1 saturated heterocycles. The number of anilines is 3. The van der Waals surface area contributed by atoms with Gasteiger partial charge in [-0.3, -0.25) is 14.4 Å². The van der Waals surface area contributed by atoms with E-state index in [1.54, 1.807) is 42.2 Å². The molecule has 2 aliphatic heterocycles. The Morgan fingerprint density at radius 1 is 1.24 bits per heavy atom. The zero-order valence-electron chi connectivity index (χ0n) is 15.9. The second-order valence-electron chi connectivity index (χ2n) is 6.94. The fraction of sp³-hybridized carbons (Fsp3) is 0.286. The van der Waals surface area contributed by atoms with Crippen LogP contribution in [-0.2, 0) is 14.4 Å². The zero-order valence-corrected chi connectivity index (χ0v) is 15.9. The molecule has 3 amide bonds. The molecule has 2 aliphatic rings. The Kier molecular flexibility index (Phi) is 5.07. The van der Waals surface area contributed by atoms with Crippen molar-refractivity contribution in [2.24, 2.45) is 0 Å². The number of carbonyl (C=O) groups excluding carboxylic acids is 3. The van der Waals surface area contributed by atoms with Crippen LogP contribution in [0.4, 0.5) is 17.1 Å². The van der Waals surface area contributed by atoms with Gasteiger partial charge in [-0.2, -0.15) is 0 Å². The van der Waals surface area contributed by atoms with Crippen molar-refractivity contribution in [3.8, 4) is 11.5 Å². The summed E-state index contributed by atoms with van der Waals surface area (Å²) >= 11 is 0. The van der Waals surface area contributed by atoms with Gasteiger partial charge in [-0.25, -0.2) is 0 Å². The smallest absolute Gasteiger partial charge is 0.265 e. The van der Waals surface area contributed by atoms with Gasteiger partial charge in [-0.05, 0) is 55.8 Å². The van der Waals surface area contributed by atoms with Crippen molar-refractivity contribution in [3.05, 3.63) is 42.5 Å². The van der Waals surface area contributed by atoms with E-state index in [9.17, 15) is 14.4 Å². The number of nitrogens with one attached hydrogen (secondary N) is 2. The number of hydrogen-bond acceptors (Lipinski definition) is 5. The van der Waals surface area contributed by atoms with Crippen LogP contribution in [-0.4, -0.2) is 37.0 Å². The molecule has 2 aromatic rings. The Bertz CT molecular complexity index is 957. The van der Waals surface area contributed by atoms with Crippen LogP contribution in [0, 0.1) is 0 Å². The SMILES string of the molecule is CC1Oc2ccc(NC(=O)COc3ccc(N4CCCC4=O)cc3)cc2NC1=O. The molecule has 0 spiro atoms. The molecule has 1 unspecified atom stereocenters. The first kappa shape index (κ1) is 18.8. The number of ether oxygens (including phenoxy) is 2. The first-order chi connectivity index (χ1) is 14.0.